The Hall–Kier alpha value is -2.08. The first kappa shape index (κ1) is 13.0. The van der Waals surface area contributed by atoms with Crippen molar-refractivity contribution in [1.82, 2.24) is 0 Å². The van der Waals surface area contributed by atoms with E-state index >= 15 is 0 Å². The summed E-state index contributed by atoms with van der Waals surface area (Å²) in [6, 6.07) is 3.33. The van der Waals surface area contributed by atoms with Crippen LogP contribution in [0.15, 0.2) is 18.2 Å². The van der Waals surface area contributed by atoms with Gasteiger partial charge in [-0.2, -0.15) is 0 Å². The molecule has 1 aromatic rings. The number of carbonyl (C=O) groups is 2. The molecule has 0 aromatic heterocycles. The number of hydrogen-bond acceptors (Lipinski definition) is 4. The number of aryl methyl sites for hydroxylation is 1. The van der Waals surface area contributed by atoms with Crippen molar-refractivity contribution in [2.45, 2.75) is 19.4 Å². The van der Waals surface area contributed by atoms with E-state index in [2.05, 4.69) is 5.32 Å². The number of nitrogens with one attached hydrogen (secondary N) is 1. The Morgan fingerprint density at radius 3 is 2.65 bits per heavy atom. The molecule has 0 fully saturated rings. The molecule has 92 valence electrons. The van der Waals surface area contributed by atoms with Crippen LogP contribution in [0.5, 0.6) is 5.75 Å². The highest BCUT2D eigenvalue weighted by Gasteiger charge is 2.17. The summed E-state index contributed by atoms with van der Waals surface area (Å²) >= 11 is 0. The fraction of sp³-hybridized carbons (Fsp3) is 0.273. The number of phenolic OH excluding ortho intramolecular Hbond substituents is 1. The first-order valence-electron chi connectivity index (χ1n) is 4.98. The van der Waals surface area contributed by atoms with Crippen LogP contribution in [0.25, 0.3) is 0 Å². The number of aliphatic carboxylic acids is 1. The Balaban J connectivity index is 2.71. The summed E-state index contributed by atoms with van der Waals surface area (Å²) in [6.07, 6.45) is -0.428. The molecule has 0 heterocycles. The zero-order valence-corrected chi connectivity index (χ0v) is 9.30. The van der Waals surface area contributed by atoms with Gasteiger partial charge in [-0.05, 0) is 30.7 Å². The van der Waals surface area contributed by atoms with Gasteiger partial charge in [-0.1, -0.05) is 0 Å². The maximum Gasteiger partial charge on any atom is 0.305 e. The van der Waals surface area contributed by atoms with Crippen molar-refractivity contribution in [3.8, 4) is 5.75 Å². The normalized spacial score (nSPS) is 11.9. The van der Waals surface area contributed by atoms with Gasteiger partial charge in [0.05, 0.1) is 12.5 Å². The van der Waals surface area contributed by atoms with E-state index in [1.54, 1.807) is 6.92 Å². The van der Waals surface area contributed by atoms with Crippen LogP contribution in [0.2, 0.25) is 0 Å². The number of carbonyl (C=O) groups excluding carboxylic acids is 1. The van der Waals surface area contributed by atoms with Crippen LogP contribution in [0.3, 0.4) is 0 Å². The lowest BCUT2D eigenvalue weighted by Gasteiger charge is -2.12. The highest BCUT2D eigenvalue weighted by atomic mass is 16.4. The number of carboxylic acids is 1. The van der Waals surface area contributed by atoms with Gasteiger partial charge in [-0.3, -0.25) is 9.59 Å². The molecule has 0 aliphatic carbocycles. The minimum atomic E-state index is -1.13. The van der Waals surface area contributed by atoms with Crippen LogP contribution in [0, 0.1) is 6.92 Å². The summed E-state index contributed by atoms with van der Waals surface area (Å²) < 4.78 is 0. The molecular weight excluding hydrogens is 224 g/mol. The first-order valence-corrected chi connectivity index (χ1v) is 4.98. The molecule has 0 aliphatic rings. The van der Waals surface area contributed by atoms with Gasteiger partial charge in [-0.25, -0.2) is 0 Å². The molecule has 0 saturated heterocycles. The average molecular weight is 238 g/mol. The van der Waals surface area contributed by atoms with Crippen molar-refractivity contribution in [1.29, 1.82) is 0 Å². The van der Waals surface area contributed by atoms with Crippen LogP contribution in [-0.2, 0) is 9.59 Å². The lowest BCUT2D eigenvalue weighted by Crippen LogP contribution is -2.37. The van der Waals surface area contributed by atoms with Gasteiger partial charge in [0.1, 0.15) is 5.75 Å². The van der Waals surface area contributed by atoms with E-state index in [1.165, 1.54) is 18.2 Å². The van der Waals surface area contributed by atoms with Crippen LogP contribution in [0.4, 0.5) is 5.69 Å². The van der Waals surface area contributed by atoms with Crippen molar-refractivity contribution in [3.63, 3.8) is 0 Å². The Morgan fingerprint density at radius 1 is 1.47 bits per heavy atom. The molecule has 6 heteroatoms. The first-order chi connectivity index (χ1) is 7.90. The molecule has 1 unspecified atom stereocenters. The highest BCUT2D eigenvalue weighted by molar-refractivity contribution is 5.97. The van der Waals surface area contributed by atoms with Gasteiger partial charge in [0.2, 0.25) is 5.91 Å². The maximum absolute atomic E-state index is 11.5. The fourth-order valence-electron chi connectivity index (χ4n) is 1.29. The van der Waals surface area contributed by atoms with E-state index in [9.17, 15) is 14.7 Å². The number of rotatable bonds is 4. The predicted molar refractivity (Wildman–Crippen MR) is 61.7 cm³/mol. The molecule has 0 spiro atoms. The summed E-state index contributed by atoms with van der Waals surface area (Å²) in [7, 11) is 0. The Bertz CT molecular complexity index is 445. The molecule has 0 radical (unpaired) electrons. The van der Waals surface area contributed by atoms with E-state index < -0.39 is 24.3 Å². The van der Waals surface area contributed by atoms with Gasteiger partial charge in [0.25, 0.3) is 0 Å². The van der Waals surface area contributed by atoms with E-state index in [0.717, 1.165) is 0 Å². The summed E-state index contributed by atoms with van der Waals surface area (Å²) in [5.74, 6) is -1.60. The van der Waals surface area contributed by atoms with E-state index in [0.29, 0.717) is 11.3 Å². The number of hydrogen-bond donors (Lipinski definition) is 4. The van der Waals surface area contributed by atoms with Gasteiger partial charge in [0.15, 0.2) is 0 Å². The zero-order valence-electron chi connectivity index (χ0n) is 9.30. The zero-order chi connectivity index (χ0) is 13.0. The van der Waals surface area contributed by atoms with Crippen molar-refractivity contribution in [2.75, 3.05) is 5.32 Å². The second-order valence-electron chi connectivity index (χ2n) is 3.69. The molecule has 0 saturated carbocycles. The summed E-state index contributed by atoms with van der Waals surface area (Å²) in [5, 5.41) is 20.2. The Morgan fingerprint density at radius 2 is 2.12 bits per heavy atom. The molecule has 1 atom stereocenters. The quantitative estimate of drug-likeness (QED) is 0.568. The van der Waals surface area contributed by atoms with Crippen LogP contribution >= 0.6 is 0 Å². The number of phenols is 1. The van der Waals surface area contributed by atoms with Crippen molar-refractivity contribution >= 4 is 17.6 Å². The van der Waals surface area contributed by atoms with Gasteiger partial charge in [-0.15, -0.1) is 0 Å². The maximum atomic E-state index is 11.5. The highest BCUT2D eigenvalue weighted by Crippen LogP contribution is 2.20. The third-order valence-corrected chi connectivity index (χ3v) is 2.20. The SMILES string of the molecule is Cc1cc(O)ccc1NC(=O)C(N)CC(=O)O. The number of nitrogens with two attached hydrogens (primary N) is 1. The van der Waals surface area contributed by atoms with E-state index in [1.807, 2.05) is 0 Å². The van der Waals surface area contributed by atoms with E-state index in [-0.39, 0.29) is 5.75 Å². The smallest absolute Gasteiger partial charge is 0.305 e. The monoisotopic (exact) mass is 238 g/mol. The van der Waals surface area contributed by atoms with Crippen molar-refractivity contribution < 1.29 is 19.8 Å². The van der Waals surface area contributed by atoms with Crippen LogP contribution in [0.1, 0.15) is 12.0 Å². The second kappa shape index (κ2) is 5.31. The molecule has 5 N–H and O–H groups in total. The summed E-state index contributed by atoms with van der Waals surface area (Å²) in [4.78, 5) is 21.9. The molecule has 1 amide bonds. The minimum absolute atomic E-state index is 0.0929. The van der Waals surface area contributed by atoms with Crippen LogP contribution in [-0.4, -0.2) is 28.1 Å². The molecule has 0 aliphatic heterocycles. The largest absolute Gasteiger partial charge is 0.508 e. The van der Waals surface area contributed by atoms with Gasteiger partial charge in [0, 0.05) is 5.69 Å². The van der Waals surface area contributed by atoms with Gasteiger partial charge >= 0.3 is 5.97 Å². The third kappa shape index (κ3) is 3.76. The lowest BCUT2D eigenvalue weighted by molar-refractivity contribution is -0.138. The number of carboxylic acid groups (broad SMARTS) is 1. The van der Waals surface area contributed by atoms with Gasteiger partial charge < -0.3 is 21.3 Å². The Labute approximate surface area is 98.1 Å². The topological polar surface area (TPSA) is 113 Å². The predicted octanol–water partition coefficient (Wildman–Crippen LogP) is 0.441. The Kier molecular flexibility index (Phi) is 4.06. The van der Waals surface area contributed by atoms with Crippen molar-refractivity contribution in [3.05, 3.63) is 23.8 Å². The molecular formula is C11H14N2O4. The van der Waals surface area contributed by atoms with Crippen molar-refractivity contribution in [2.24, 2.45) is 5.73 Å². The number of aromatic hydroxyl groups is 1. The van der Waals surface area contributed by atoms with Crippen LogP contribution < -0.4 is 11.1 Å². The molecule has 6 nitrogen and oxygen atoms in total. The van der Waals surface area contributed by atoms with E-state index in [4.69, 9.17) is 10.8 Å². The molecule has 0 bridgehead atoms. The third-order valence-electron chi connectivity index (χ3n) is 2.20. The summed E-state index contributed by atoms with van der Waals surface area (Å²) in [5.41, 5.74) is 6.57. The molecule has 17 heavy (non-hydrogen) atoms. The standard InChI is InChI=1S/C11H14N2O4/c1-6-4-7(14)2-3-9(6)13-11(17)8(12)5-10(15)16/h2-4,8,14H,5,12H2,1H3,(H,13,17)(H,15,16). The molecule has 1 aromatic carbocycles. The second-order valence-corrected chi connectivity index (χ2v) is 3.69. The fourth-order valence-corrected chi connectivity index (χ4v) is 1.29. The number of amides is 1. The summed E-state index contributed by atoms with van der Waals surface area (Å²) in [6.45, 7) is 1.71. The lowest BCUT2D eigenvalue weighted by atomic mass is 10.1. The average Bonchev–Trinajstić information content (AvgIpc) is 2.21. The number of benzene rings is 1. The molecule has 1 rings (SSSR count). The number of anilines is 1. The minimum Gasteiger partial charge on any atom is -0.508 e.